The molecule has 4 aromatic rings. The Morgan fingerprint density at radius 3 is 2.52 bits per heavy atom. The molecule has 2 heterocycles. The highest BCUT2D eigenvalue weighted by Crippen LogP contribution is 2.23. The molecule has 0 N–H and O–H groups in total. The summed E-state index contributed by atoms with van der Waals surface area (Å²) in [6, 6.07) is 15.1. The van der Waals surface area contributed by atoms with E-state index >= 15 is 0 Å². The minimum Gasteiger partial charge on any atom is -0.497 e. The summed E-state index contributed by atoms with van der Waals surface area (Å²) in [6.07, 6.45) is 0.902. The number of benzene rings is 2. The first-order valence-electron chi connectivity index (χ1n) is 10.3. The van der Waals surface area contributed by atoms with Crippen LogP contribution in [-0.4, -0.2) is 38.6 Å². The molecule has 0 atom stereocenters. The van der Waals surface area contributed by atoms with Crippen LogP contribution < -0.4 is 15.0 Å². The topological polar surface area (TPSA) is 70.7 Å². The first kappa shape index (κ1) is 21.2. The summed E-state index contributed by atoms with van der Waals surface area (Å²) in [7, 11) is 1.64. The Bertz CT molecular complexity index is 1230. The van der Waals surface area contributed by atoms with E-state index < -0.39 is 0 Å². The maximum absolute atomic E-state index is 13.1. The van der Waals surface area contributed by atoms with Gasteiger partial charge in [0.25, 0.3) is 5.56 Å². The lowest BCUT2D eigenvalue weighted by atomic mass is 10.1. The van der Waals surface area contributed by atoms with Crippen molar-refractivity contribution in [1.82, 2.24) is 19.2 Å². The third-order valence-corrected chi connectivity index (χ3v) is 5.94. The smallest absolute Gasteiger partial charge is 0.262 e. The van der Waals surface area contributed by atoms with Crippen molar-refractivity contribution in [3.63, 3.8) is 0 Å². The number of ether oxygens (including phenoxy) is 2. The van der Waals surface area contributed by atoms with Crippen LogP contribution in [0.4, 0.5) is 0 Å². The van der Waals surface area contributed by atoms with Crippen molar-refractivity contribution in [3.8, 4) is 11.5 Å². The van der Waals surface area contributed by atoms with Gasteiger partial charge in [-0.1, -0.05) is 37.7 Å². The molecule has 0 bridgehead atoms. The van der Waals surface area contributed by atoms with Crippen LogP contribution in [0.15, 0.2) is 58.5 Å². The van der Waals surface area contributed by atoms with E-state index in [1.807, 2.05) is 52.9 Å². The summed E-state index contributed by atoms with van der Waals surface area (Å²) in [6.45, 7) is 5.44. The van der Waals surface area contributed by atoms with Crippen LogP contribution in [0.2, 0.25) is 0 Å². The molecule has 0 saturated carbocycles. The Kier molecular flexibility index (Phi) is 6.46. The quantitative estimate of drug-likeness (QED) is 0.287. The van der Waals surface area contributed by atoms with E-state index in [-0.39, 0.29) is 5.56 Å². The summed E-state index contributed by atoms with van der Waals surface area (Å²) < 4.78 is 14.7. The number of aryl methyl sites for hydroxylation is 1. The number of aromatic nitrogens is 4. The van der Waals surface area contributed by atoms with Crippen molar-refractivity contribution < 1.29 is 9.47 Å². The molecule has 162 valence electrons. The van der Waals surface area contributed by atoms with E-state index in [4.69, 9.17) is 9.47 Å². The highest BCUT2D eigenvalue weighted by Gasteiger charge is 2.16. The van der Waals surface area contributed by atoms with Gasteiger partial charge >= 0.3 is 0 Å². The fraction of sp³-hybridized carbons (Fsp3) is 0.348. The SMILES string of the molecule is COc1ccc(OCCSc2nnc3n(CCC(C)C)c(=O)c4ccccc4n23)cc1. The predicted octanol–water partition coefficient (Wildman–Crippen LogP) is 4.27. The summed E-state index contributed by atoms with van der Waals surface area (Å²) >= 11 is 1.56. The molecule has 2 aromatic carbocycles. The van der Waals surface area contributed by atoms with E-state index in [2.05, 4.69) is 24.0 Å². The number of nitrogens with zero attached hydrogens (tertiary/aromatic N) is 4. The molecule has 4 rings (SSSR count). The largest absolute Gasteiger partial charge is 0.497 e. The molecule has 7 nitrogen and oxygen atoms in total. The normalized spacial score (nSPS) is 11.5. The standard InChI is InChI=1S/C23H26N4O3S/c1-16(2)12-13-26-21(28)19-6-4-5-7-20(19)27-22(26)24-25-23(27)31-15-14-30-18-10-8-17(29-3)9-11-18/h4-11,16H,12-15H2,1-3H3. The number of rotatable bonds is 9. The summed E-state index contributed by atoms with van der Waals surface area (Å²) in [4.78, 5) is 13.1. The van der Waals surface area contributed by atoms with Gasteiger partial charge in [0.1, 0.15) is 11.5 Å². The van der Waals surface area contributed by atoms with E-state index in [0.717, 1.165) is 28.6 Å². The highest BCUT2D eigenvalue weighted by atomic mass is 32.2. The van der Waals surface area contributed by atoms with Gasteiger partial charge in [-0.15, -0.1) is 10.2 Å². The lowest BCUT2D eigenvalue weighted by Crippen LogP contribution is -2.24. The molecule has 0 aliphatic rings. The molecule has 0 radical (unpaired) electrons. The van der Waals surface area contributed by atoms with Gasteiger partial charge in [0.15, 0.2) is 5.16 Å². The summed E-state index contributed by atoms with van der Waals surface area (Å²) in [5, 5.41) is 10.2. The van der Waals surface area contributed by atoms with E-state index in [1.54, 1.807) is 23.4 Å². The van der Waals surface area contributed by atoms with Crippen molar-refractivity contribution in [2.24, 2.45) is 5.92 Å². The van der Waals surface area contributed by atoms with Gasteiger partial charge in [-0.3, -0.25) is 13.8 Å². The van der Waals surface area contributed by atoms with Crippen LogP contribution in [0, 0.1) is 5.92 Å². The molecular weight excluding hydrogens is 412 g/mol. The van der Waals surface area contributed by atoms with Crippen molar-refractivity contribution in [3.05, 3.63) is 58.9 Å². The second-order valence-corrected chi connectivity index (χ2v) is 8.71. The molecule has 2 aromatic heterocycles. The molecule has 8 heteroatoms. The molecule has 0 amide bonds. The molecule has 0 aliphatic carbocycles. The predicted molar refractivity (Wildman–Crippen MR) is 123 cm³/mol. The number of methoxy groups -OCH3 is 1. The van der Waals surface area contributed by atoms with Crippen LogP contribution in [0.1, 0.15) is 20.3 Å². The van der Waals surface area contributed by atoms with E-state index in [1.165, 1.54) is 0 Å². The zero-order valence-electron chi connectivity index (χ0n) is 17.9. The summed E-state index contributed by atoms with van der Waals surface area (Å²) in [5.74, 6) is 3.37. The second kappa shape index (κ2) is 9.43. The molecule has 0 fully saturated rings. The zero-order chi connectivity index (χ0) is 21.8. The third kappa shape index (κ3) is 4.54. The maximum Gasteiger partial charge on any atom is 0.262 e. The third-order valence-electron chi connectivity index (χ3n) is 5.05. The van der Waals surface area contributed by atoms with Crippen molar-refractivity contribution in [1.29, 1.82) is 0 Å². The fourth-order valence-corrected chi connectivity index (χ4v) is 4.14. The minimum atomic E-state index is -0.0180. The van der Waals surface area contributed by atoms with Crippen LogP contribution in [0.3, 0.4) is 0 Å². The van der Waals surface area contributed by atoms with Crippen LogP contribution in [-0.2, 0) is 6.54 Å². The monoisotopic (exact) mass is 438 g/mol. The number of hydrogen-bond donors (Lipinski definition) is 0. The Labute approximate surface area is 185 Å². The Morgan fingerprint density at radius 2 is 1.77 bits per heavy atom. The lowest BCUT2D eigenvalue weighted by molar-refractivity contribution is 0.342. The van der Waals surface area contributed by atoms with Gasteiger partial charge in [-0.2, -0.15) is 0 Å². The van der Waals surface area contributed by atoms with Crippen molar-refractivity contribution >= 4 is 28.4 Å². The molecule has 0 aliphatic heterocycles. The average molecular weight is 439 g/mol. The van der Waals surface area contributed by atoms with Crippen LogP contribution >= 0.6 is 11.8 Å². The fourth-order valence-electron chi connectivity index (χ4n) is 3.38. The molecule has 0 saturated heterocycles. The number of para-hydroxylation sites is 1. The van der Waals surface area contributed by atoms with Crippen molar-refractivity contribution in [2.45, 2.75) is 32.0 Å². The number of hydrogen-bond acceptors (Lipinski definition) is 6. The Hall–Kier alpha value is -3.00. The van der Waals surface area contributed by atoms with Crippen molar-refractivity contribution in [2.75, 3.05) is 19.5 Å². The summed E-state index contributed by atoms with van der Waals surface area (Å²) in [5.41, 5.74) is 0.808. The van der Waals surface area contributed by atoms with Gasteiger partial charge in [-0.05, 0) is 48.7 Å². The second-order valence-electron chi connectivity index (χ2n) is 7.65. The highest BCUT2D eigenvalue weighted by molar-refractivity contribution is 7.99. The maximum atomic E-state index is 13.1. The minimum absolute atomic E-state index is 0.0180. The van der Waals surface area contributed by atoms with Crippen LogP contribution in [0.5, 0.6) is 11.5 Å². The lowest BCUT2D eigenvalue weighted by Gasteiger charge is -2.12. The number of fused-ring (bicyclic) bond motifs is 3. The zero-order valence-corrected chi connectivity index (χ0v) is 18.8. The molecule has 0 spiro atoms. The van der Waals surface area contributed by atoms with Gasteiger partial charge in [0, 0.05) is 12.3 Å². The van der Waals surface area contributed by atoms with Gasteiger partial charge in [-0.25, -0.2) is 0 Å². The average Bonchev–Trinajstić information content (AvgIpc) is 3.21. The number of thioether (sulfide) groups is 1. The Morgan fingerprint density at radius 1 is 1.03 bits per heavy atom. The van der Waals surface area contributed by atoms with Gasteiger partial charge in [0.05, 0.1) is 24.6 Å². The van der Waals surface area contributed by atoms with E-state index in [9.17, 15) is 4.79 Å². The van der Waals surface area contributed by atoms with Gasteiger partial charge < -0.3 is 9.47 Å². The first-order chi connectivity index (χ1) is 15.1. The molecule has 0 unspecified atom stereocenters. The van der Waals surface area contributed by atoms with Gasteiger partial charge in [0.2, 0.25) is 5.78 Å². The first-order valence-corrected chi connectivity index (χ1v) is 11.3. The molecule has 31 heavy (non-hydrogen) atoms. The molecular formula is C23H26N4O3S. The van der Waals surface area contributed by atoms with Crippen LogP contribution in [0.25, 0.3) is 16.7 Å². The Balaban J connectivity index is 1.57. The van der Waals surface area contributed by atoms with E-state index in [0.29, 0.717) is 36.0 Å².